The molecular formula is C8H16F2N2O. The van der Waals surface area contributed by atoms with Gasteiger partial charge in [0.15, 0.2) is 0 Å². The Bertz CT molecular complexity index is 157. The molecule has 1 rings (SSSR count). The fourth-order valence-electron chi connectivity index (χ4n) is 1.62. The summed E-state index contributed by atoms with van der Waals surface area (Å²) in [6, 6.07) is -0.289. The maximum absolute atomic E-state index is 11.9. The van der Waals surface area contributed by atoms with Crippen LogP contribution in [-0.4, -0.2) is 43.3 Å². The van der Waals surface area contributed by atoms with Gasteiger partial charge in [-0.15, -0.1) is 0 Å². The summed E-state index contributed by atoms with van der Waals surface area (Å²) in [5, 5.41) is 0. The zero-order valence-corrected chi connectivity index (χ0v) is 7.75. The van der Waals surface area contributed by atoms with E-state index in [1.807, 2.05) is 6.92 Å². The van der Waals surface area contributed by atoms with Gasteiger partial charge in [-0.25, -0.2) is 0 Å². The Balaban J connectivity index is 2.35. The van der Waals surface area contributed by atoms with Crippen molar-refractivity contribution in [3.63, 3.8) is 0 Å². The summed E-state index contributed by atoms with van der Waals surface area (Å²) >= 11 is 0. The molecule has 78 valence electrons. The number of likely N-dealkylation sites (N-methyl/N-ethyl adjacent to an activating group) is 1. The number of hydrogen-bond donors (Lipinski definition) is 1. The molecule has 1 saturated heterocycles. The van der Waals surface area contributed by atoms with Crippen molar-refractivity contribution in [3.05, 3.63) is 0 Å². The number of nitrogens with zero attached hydrogens (tertiary/aromatic N) is 1. The Labute approximate surface area is 76.8 Å². The Morgan fingerprint density at radius 3 is 2.77 bits per heavy atom. The quantitative estimate of drug-likeness (QED) is 0.716. The summed E-state index contributed by atoms with van der Waals surface area (Å²) < 4.78 is 28.2. The number of alkyl halides is 2. The molecule has 3 nitrogen and oxygen atoms in total. The van der Waals surface area contributed by atoms with E-state index in [-0.39, 0.29) is 6.04 Å². The maximum Gasteiger partial charge on any atom is 0.345 e. The average molecular weight is 194 g/mol. The van der Waals surface area contributed by atoms with Crippen molar-refractivity contribution in [2.45, 2.75) is 32.1 Å². The SMILES string of the molecule is CCN1CCC(OC(F)F)C(N)C1. The summed E-state index contributed by atoms with van der Waals surface area (Å²) in [7, 11) is 0. The number of rotatable bonds is 3. The van der Waals surface area contributed by atoms with Gasteiger partial charge in [-0.05, 0) is 13.0 Å². The highest BCUT2D eigenvalue weighted by molar-refractivity contribution is 4.83. The van der Waals surface area contributed by atoms with Crippen LogP contribution in [0.2, 0.25) is 0 Å². The van der Waals surface area contributed by atoms with E-state index in [2.05, 4.69) is 9.64 Å². The van der Waals surface area contributed by atoms with Gasteiger partial charge in [-0.3, -0.25) is 0 Å². The minimum atomic E-state index is -2.70. The van der Waals surface area contributed by atoms with Crippen LogP contribution in [0.1, 0.15) is 13.3 Å². The van der Waals surface area contributed by atoms with Crippen LogP contribution in [0.5, 0.6) is 0 Å². The first-order valence-corrected chi connectivity index (χ1v) is 4.55. The standard InChI is InChI=1S/C8H16F2N2O/c1-2-12-4-3-7(6(11)5-12)13-8(9)10/h6-8H,2-5,11H2,1H3. The third-order valence-electron chi connectivity index (χ3n) is 2.40. The zero-order chi connectivity index (χ0) is 9.84. The molecule has 0 bridgehead atoms. The van der Waals surface area contributed by atoms with Gasteiger partial charge in [-0.2, -0.15) is 8.78 Å². The van der Waals surface area contributed by atoms with E-state index >= 15 is 0 Å². The lowest BCUT2D eigenvalue weighted by molar-refractivity contribution is -0.177. The molecule has 0 saturated carbocycles. The molecule has 0 radical (unpaired) electrons. The first-order chi connectivity index (χ1) is 6.13. The largest absolute Gasteiger partial charge is 0.345 e. The van der Waals surface area contributed by atoms with Crippen molar-refractivity contribution >= 4 is 0 Å². The second-order valence-corrected chi connectivity index (χ2v) is 3.28. The van der Waals surface area contributed by atoms with Gasteiger partial charge in [0, 0.05) is 19.1 Å². The van der Waals surface area contributed by atoms with E-state index < -0.39 is 12.7 Å². The van der Waals surface area contributed by atoms with Crippen LogP contribution >= 0.6 is 0 Å². The van der Waals surface area contributed by atoms with Gasteiger partial charge >= 0.3 is 6.61 Å². The number of likely N-dealkylation sites (tertiary alicyclic amines) is 1. The van der Waals surface area contributed by atoms with Crippen LogP contribution in [0.3, 0.4) is 0 Å². The van der Waals surface area contributed by atoms with Gasteiger partial charge in [0.05, 0.1) is 6.10 Å². The Hall–Kier alpha value is -0.260. The lowest BCUT2D eigenvalue weighted by atomic mass is 10.0. The van der Waals surface area contributed by atoms with Crippen molar-refractivity contribution in [2.75, 3.05) is 19.6 Å². The van der Waals surface area contributed by atoms with Crippen molar-refractivity contribution < 1.29 is 13.5 Å². The van der Waals surface area contributed by atoms with Crippen LogP contribution < -0.4 is 5.73 Å². The van der Waals surface area contributed by atoms with Gasteiger partial charge in [0.2, 0.25) is 0 Å². The third-order valence-corrected chi connectivity index (χ3v) is 2.40. The molecule has 0 amide bonds. The molecule has 0 spiro atoms. The minimum absolute atomic E-state index is 0.289. The monoisotopic (exact) mass is 194 g/mol. The van der Waals surface area contributed by atoms with Gasteiger partial charge in [0.25, 0.3) is 0 Å². The molecule has 2 unspecified atom stereocenters. The van der Waals surface area contributed by atoms with E-state index in [9.17, 15) is 8.78 Å². The molecule has 0 aromatic heterocycles. The summed E-state index contributed by atoms with van der Waals surface area (Å²) in [6.45, 7) is 1.68. The number of nitrogens with two attached hydrogens (primary N) is 1. The second kappa shape index (κ2) is 4.83. The van der Waals surface area contributed by atoms with Crippen LogP contribution in [-0.2, 0) is 4.74 Å². The molecule has 1 fully saturated rings. The van der Waals surface area contributed by atoms with E-state index in [4.69, 9.17) is 5.73 Å². The molecular weight excluding hydrogens is 178 g/mol. The van der Waals surface area contributed by atoms with Crippen molar-refractivity contribution in [1.82, 2.24) is 4.90 Å². The van der Waals surface area contributed by atoms with Gasteiger partial charge in [0.1, 0.15) is 0 Å². The molecule has 2 N–H and O–H groups in total. The topological polar surface area (TPSA) is 38.5 Å². The van der Waals surface area contributed by atoms with E-state index in [1.165, 1.54) is 0 Å². The Morgan fingerprint density at radius 2 is 2.31 bits per heavy atom. The molecule has 5 heteroatoms. The fourth-order valence-corrected chi connectivity index (χ4v) is 1.62. The highest BCUT2D eigenvalue weighted by atomic mass is 19.3. The van der Waals surface area contributed by atoms with Crippen LogP contribution in [0, 0.1) is 0 Å². The smallest absolute Gasteiger partial charge is 0.324 e. The van der Waals surface area contributed by atoms with E-state index in [0.717, 1.165) is 13.1 Å². The van der Waals surface area contributed by atoms with Crippen molar-refractivity contribution in [3.8, 4) is 0 Å². The first-order valence-electron chi connectivity index (χ1n) is 4.55. The number of piperidine rings is 1. The molecule has 1 aliphatic heterocycles. The molecule has 0 aromatic carbocycles. The summed E-state index contributed by atoms with van der Waals surface area (Å²) in [5.41, 5.74) is 5.69. The highest BCUT2D eigenvalue weighted by Crippen LogP contribution is 2.15. The number of halogens is 2. The van der Waals surface area contributed by atoms with Gasteiger partial charge < -0.3 is 15.4 Å². The summed E-state index contributed by atoms with van der Waals surface area (Å²) in [4.78, 5) is 2.13. The highest BCUT2D eigenvalue weighted by Gasteiger charge is 2.28. The molecule has 1 heterocycles. The Kier molecular flexibility index (Phi) is 4.02. The molecule has 0 aromatic rings. The maximum atomic E-state index is 11.9. The fraction of sp³-hybridized carbons (Fsp3) is 1.00. The zero-order valence-electron chi connectivity index (χ0n) is 7.75. The van der Waals surface area contributed by atoms with Gasteiger partial charge in [-0.1, -0.05) is 6.92 Å². The van der Waals surface area contributed by atoms with Crippen LogP contribution in [0.15, 0.2) is 0 Å². The Morgan fingerprint density at radius 1 is 1.62 bits per heavy atom. The lowest BCUT2D eigenvalue weighted by Gasteiger charge is -2.35. The molecule has 1 aliphatic rings. The third kappa shape index (κ3) is 3.17. The molecule has 2 atom stereocenters. The number of hydrogen-bond acceptors (Lipinski definition) is 3. The predicted molar refractivity (Wildman–Crippen MR) is 45.6 cm³/mol. The van der Waals surface area contributed by atoms with Crippen molar-refractivity contribution in [2.24, 2.45) is 5.73 Å². The van der Waals surface area contributed by atoms with E-state index in [0.29, 0.717) is 13.0 Å². The number of ether oxygens (including phenoxy) is 1. The molecule has 13 heavy (non-hydrogen) atoms. The van der Waals surface area contributed by atoms with Crippen molar-refractivity contribution in [1.29, 1.82) is 0 Å². The van der Waals surface area contributed by atoms with Crippen LogP contribution in [0.4, 0.5) is 8.78 Å². The molecule has 0 aliphatic carbocycles. The normalized spacial score (nSPS) is 31.2. The lowest BCUT2D eigenvalue weighted by Crippen LogP contribution is -2.52. The summed E-state index contributed by atoms with van der Waals surface area (Å²) in [6.07, 6.45) is 0.113. The minimum Gasteiger partial charge on any atom is -0.324 e. The van der Waals surface area contributed by atoms with Crippen LogP contribution in [0.25, 0.3) is 0 Å². The first kappa shape index (κ1) is 10.8. The van der Waals surface area contributed by atoms with E-state index in [1.54, 1.807) is 0 Å². The summed E-state index contributed by atoms with van der Waals surface area (Å²) in [5.74, 6) is 0. The second-order valence-electron chi connectivity index (χ2n) is 3.28. The average Bonchev–Trinajstić information content (AvgIpc) is 2.08. The predicted octanol–water partition coefficient (Wildman–Crippen LogP) is 0.647.